The van der Waals surface area contributed by atoms with Crippen molar-refractivity contribution in [3.63, 3.8) is 0 Å². The number of nitrogens with zero attached hydrogens (tertiary/aromatic N) is 1. The first-order valence-electron chi connectivity index (χ1n) is 5.37. The van der Waals surface area contributed by atoms with Gasteiger partial charge in [-0.2, -0.15) is 0 Å². The minimum Gasteiger partial charge on any atom is -0.496 e. The van der Waals surface area contributed by atoms with E-state index in [0.29, 0.717) is 22.8 Å². The van der Waals surface area contributed by atoms with Crippen molar-refractivity contribution in [2.24, 2.45) is 11.5 Å². The molecule has 0 saturated heterocycles. The standard InChI is InChI=1S/C12H17N3O2S/c1-15(7-11(13)16)6-8-3-4-9(12(14)18)10(5-8)17-2/h3-5H,6-7H2,1-2H3,(H2,13,16)(H2,14,18). The minimum absolute atomic E-state index is 0.208. The maximum absolute atomic E-state index is 10.8. The predicted molar refractivity (Wildman–Crippen MR) is 74.4 cm³/mol. The van der Waals surface area contributed by atoms with Crippen LogP contribution >= 0.6 is 12.2 Å². The largest absolute Gasteiger partial charge is 0.496 e. The summed E-state index contributed by atoms with van der Waals surface area (Å²) < 4.78 is 5.23. The Labute approximate surface area is 112 Å². The molecule has 0 fully saturated rings. The van der Waals surface area contributed by atoms with E-state index in [1.807, 2.05) is 30.1 Å². The molecule has 1 rings (SSSR count). The zero-order chi connectivity index (χ0) is 13.7. The number of rotatable bonds is 6. The molecule has 5 nitrogen and oxygen atoms in total. The molecule has 1 amide bonds. The predicted octanol–water partition coefficient (Wildman–Crippen LogP) is 0.247. The lowest BCUT2D eigenvalue weighted by atomic mass is 10.1. The van der Waals surface area contributed by atoms with Gasteiger partial charge in [0.2, 0.25) is 5.91 Å². The van der Waals surface area contributed by atoms with E-state index in [0.717, 1.165) is 5.56 Å². The van der Waals surface area contributed by atoms with Crippen LogP contribution in [0.4, 0.5) is 0 Å². The topological polar surface area (TPSA) is 81.6 Å². The fraction of sp³-hybridized carbons (Fsp3) is 0.333. The van der Waals surface area contributed by atoms with Crippen LogP contribution in [0, 0.1) is 0 Å². The van der Waals surface area contributed by atoms with Gasteiger partial charge in [0, 0.05) is 6.54 Å². The second-order valence-corrected chi connectivity index (χ2v) is 4.48. The number of hydrogen-bond acceptors (Lipinski definition) is 4. The van der Waals surface area contributed by atoms with E-state index in [1.54, 1.807) is 7.11 Å². The van der Waals surface area contributed by atoms with Crippen molar-refractivity contribution in [3.8, 4) is 5.75 Å². The van der Waals surface area contributed by atoms with Crippen molar-refractivity contribution < 1.29 is 9.53 Å². The normalized spacial score (nSPS) is 10.4. The summed E-state index contributed by atoms with van der Waals surface area (Å²) >= 11 is 4.93. The van der Waals surface area contributed by atoms with Crippen molar-refractivity contribution in [1.29, 1.82) is 0 Å². The first-order valence-corrected chi connectivity index (χ1v) is 5.78. The van der Waals surface area contributed by atoms with Gasteiger partial charge in [-0.05, 0) is 24.7 Å². The van der Waals surface area contributed by atoms with E-state index in [4.69, 9.17) is 28.4 Å². The number of methoxy groups -OCH3 is 1. The van der Waals surface area contributed by atoms with Gasteiger partial charge < -0.3 is 16.2 Å². The van der Waals surface area contributed by atoms with Crippen LogP contribution < -0.4 is 16.2 Å². The third kappa shape index (κ3) is 3.97. The molecule has 0 spiro atoms. The number of benzene rings is 1. The van der Waals surface area contributed by atoms with Gasteiger partial charge >= 0.3 is 0 Å². The SMILES string of the molecule is COc1cc(CN(C)CC(N)=O)ccc1C(N)=S. The van der Waals surface area contributed by atoms with Gasteiger partial charge in [-0.1, -0.05) is 18.3 Å². The Morgan fingerprint density at radius 1 is 1.44 bits per heavy atom. The quantitative estimate of drug-likeness (QED) is 0.722. The summed E-state index contributed by atoms with van der Waals surface area (Å²) in [6, 6.07) is 5.56. The van der Waals surface area contributed by atoms with Crippen molar-refractivity contribution in [3.05, 3.63) is 29.3 Å². The van der Waals surface area contributed by atoms with Gasteiger partial charge in [0.25, 0.3) is 0 Å². The molecule has 1 aromatic rings. The highest BCUT2D eigenvalue weighted by molar-refractivity contribution is 7.80. The molecule has 4 N–H and O–H groups in total. The molecule has 0 aromatic heterocycles. The maximum atomic E-state index is 10.8. The lowest BCUT2D eigenvalue weighted by molar-refractivity contribution is -0.118. The lowest BCUT2D eigenvalue weighted by Gasteiger charge is -2.16. The van der Waals surface area contributed by atoms with Crippen LogP contribution in [0.3, 0.4) is 0 Å². The molecule has 0 heterocycles. The van der Waals surface area contributed by atoms with Crippen LogP contribution in [-0.4, -0.2) is 36.5 Å². The molecular weight excluding hydrogens is 250 g/mol. The van der Waals surface area contributed by atoms with E-state index < -0.39 is 0 Å². The number of likely N-dealkylation sites (N-methyl/N-ethyl adjacent to an activating group) is 1. The van der Waals surface area contributed by atoms with Crippen LogP contribution in [0.1, 0.15) is 11.1 Å². The Morgan fingerprint density at radius 2 is 2.11 bits per heavy atom. The Kier molecular flexibility index (Phi) is 5.06. The highest BCUT2D eigenvalue weighted by Crippen LogP contribution is 2.20. The number of ether oxygens (including phenoxy) is 1. The third-order valence-corrected chi connectivity index (χ3v) is 2.63. The summed E-state index contributed by atoms with van der Waals surface area (Å²) in [6.07, 6.45) is 0. The summed E-state index contributed by atoms with van der Waals surface area (Å²) in [4.78, 5) is 12.9. The molecule has 18 heavy (non-hydrogen) atoms. The minimum atomic E-state index is -0.357. The van der Waals surface area contributed by atoms with E-state index in [9.17, 15) is 4.79 Å². The smallest absolute Gasteiger partial charge is 0.231 e. The molecule has 0 aliphatic rings. The van der Waals surface area contributed by atoms with Gasteiger partial charge in [-0.3, -0.25) is 9.69 Å². The van der Waals surface area contributed by atoms with Gasteiger partial charge in [-0.25, -0.2) is 0 Å². The Morgan fingerprint density at radius 3 is 2.61 bits per heavy atom. The van der Waals surface area contributed by atoms with Crippen LogP contribution in [0.15, 0.2) is 18.2 Å². The molecule has 98 valence electrons. The first-order chi connectivity index (χ1) is 8.43. The third-order valence-electron chi connectivity index (χ3n) is 2.41. The van der Waals surface area contributed by atoms with Gasteiger partial charge in [0.15, 0.2) is 0 Å². The van der Waals surface area contributed by atoms with E-state index in [1.165, 1.54) is 0 Å². The molecule has 0 aliphatic carbocycles. The zero-order valence-electron chi connectivity index (χ0n) is 10.5. The number of carbonyl (C=O) groups is 1. The second-order valence-electron chi connectivity index (χ2n) is 4.04. The second kappa shape index (κ2) is 6.32. The molecule has 0 atom stereocenters. The van der Waals surface area contributed by atoms with Crippen LogP contribution in [0.2, 0.25) is 0 Å². The summed E-state index contributed by atoms with van der Waals surface area (Å²) in [6.45, 7) is 0.802. The molecule has 1 aromatic carbocycles. The molecule has 6 heteroatoms. The summed E-state index contributed by atoms with van der Waals surface area (Å²) in [7, 11) is 3.38. The molecule has 0 unspecified atom stereocenters. The number of amides is 1. The summed E-state index contributed by atoms with van der Waals surface area (Å²) in [5, 5.41) is 0. The highest BCUT2D eigenvalue weighted by Gasteiger charge is 2.09. The van der Waals surface area contributed by atoms with Gasteiger partial charge in [0.1, 0.15) is 10.7 Å². The number of carbonyl (C=O) groups excluding carboxylic acids is 1. The summed E-state index contributed by atoms with van der Waals surface area (Å²) in [5.41, 5.74) is 12.4. The Hall–Kier alpha value is -1.66. The monoisotopic (exact) mass is 267 g/mol. The average molecular weight is 267 g/mol. The van der Waals surface area contributed by atoms with E-state index >= 15 is 0 Å². The maximum Gasteiger partial charge on any atom is 0.231 e. The Bertz CT molecular complexity index is 463. The van der Waals surface area contributed by atoms with Crippen molar-refractivity contribution >= 4 is 23.1 Å². The zero-order valence-corrected chi connectivity index (χ0v) is 11.3. The number of hydrogen-bond donors (Lipinski definition) is 2. The van der Waals surface area contributed by atoms with Gasteiger partial charge in [0.05, 0.1) is 19.2 Å². The molecule has 0 bridgehead atoms. The molecule has 0 aliphatic heterocycles. The van der Waals surface area contributed by atoms with Crippen LogP contribution in [-0.2, 0) is 11.3 Å². The van der Waals surface area contributed by atoms with Gasteiger partial charge in [-0.15, -0.1) is 0 Å². The van der Waals surface area contributed by atoms with Crippen molar-refractivity contribution in [2.45, 2.75) is 6.54 Å². The van der Waals surface area contributed by atoms with Crippen LogP contribution in [0.5, 0.6) is 5.75 Å². The number of primary amides is 1. The number of nitrogens with two attached hydrogens (primary N) is 2. The number of thiocarbonyl (C=S) groups is 1. The Balaban J connectivity index is 2.85. The van der Waals surface area contributed by atoms with Crippen molar-refractivity contribution in [2.75, 3.05) is 20.7 Å². The van der Waals surface area contributed by atoms with E-state index in [2.05, 4.69) is 0 Å². The van der Waals surface area contributed by atoms with E-state index in [-0.39, 0.29) is 12.5 Å². The highest BCUT2D eigenvalue weighted by atomic mass is 32.1. The molecule has 0 radical (unpaired) electrons. The summed E-state index contributed by atoms with van der Waals surface area (Å²) in [5.74, 6) is 0.275. The fourth-order valence-electron chi connectivity index (χ4n) is 1.67. The fourth-order valence-corrected chi connectivity index (χ4v) is 1.84. The average Bonchev–Trinajstić information content (AvgIpc) is 2.27. The molecular formula is C12H17N3O2S. The van der Waals surface area contributed by atoms with Crippen molar-refractivity contribution in [1.82, 2.24) is 4.90 Å². The molecule has 0 saturated carbocycles. The lowest BCUT2D eigenvalue weighted by Crippen LogP contribution is -2.30. The van der Waals surface area contributed by atoms with Crippen LogP contribution in [0.25, 0.3) is 0 Å². The first kappa shape index (κ1) is 14.4.